The number of alkyl halides is 3. The molecule has 0 saturated carbocycles. The molecule has 1 rings (SSSR count). The van der Waals surface area contributed by atoms with Crippen LogP contribution in [-0.4, -0.2) is 16.9 Å². The van der Waals surface area contributed by atoms with Crippen molar-refractivity contribution in [3.8, 4) is 0 Å². The van der Waals surface area contributed by atoms with Crippen molar-refractivity contribution in [1.82, 2.24) is 10.3 Å². The summed E-state index contributed by atoms with van der Waals surface area (Å²) in [6.45, 7) is 1.07. The van der Waals surface area contributed by atoms with Crippen LogP contribution in [0.2, 0.25) is 0 Å². The van der Waals surface area contributed by atoms with E-state index >= 15 is 0 Å². The van der Waals surface area contributed by atoms with Crippen molar-refractivity contribution < 1.29 is 27.2 Å². The highest BCUT2D eigenvalue weighted by Crippen LogP contribution is 2.29. The second-order valence-corrected chi connectivity index (χ2v) is 2.67. The van der Waals surface area contributed by atoms with Crippen LogP contribution in [0.3, 0.4) is 0 Å². The van der Waals surface area contributed by atoms with Crippen LogP contribution < -0.4 is 10.6 Å². The molecule has 0 aliphatic heterocycles. The van der Waals surface area contributed by atoms with Gasteiger partial charge in [0.25, 0.3) is 0 Å². The molecule has 0 fully saturated rings. The number of amides is 3. The molecule has 1 heterocycles. The molecule has 0 bridgehead atoms. The first-order valence-corrected chi connectivity index (χ1v) is 3.90. The van der Waals surface area contributed by atoms with E-state index in [1.807, 2.05) is 5.32 Å². The van der Waals surface area contributed by atoms with Crippen LogP contribution in [0.4, 0.5) is 24.0 Å². The van der Waals surface area contributed by atoms with Crippen LogP contribution >= 0.6 is 0 Å². The number of halogens is 3. The third-order valence-corrected chi connectivity index (χ3v) is 1.30. The first kappa shape index (κ1) is 12.0. The predicted molar refractivity (Wildman–Crippen MR) is 44.3 cm³/mol. The van der Waals surface area contributed by atoms with Gasteiger partial charge in [0, 0.05) is 6.92 Å². The smallest absolute Gasteiger partial charge is 0.431 e. The lowest BCUT2D eigenvalue weighted by Gasteiger charge is -2.00. The van der Waals surface area contributed by atoms with Gasteiger partial charge >= 0.3 is 18.2 Å². The quantitative estimate of drug-likeness (QED) is 0.772. The van der Waals surface area contributed by atoms with Gasteiger partial charge in [-0.3, -0.25) is 15.4 Å². The summed E-state index contributed by atoms with van der Waals surface area (Å²) in [6, 6.07) is -1.67. The van der Waals surface area contributed by atoms with Crippen molar-refractivity contribution in [3.63, 3.8) is 0 Å². The highest BCUT2D eigenvalue weighted by molar-refractivity contribution is 5.99. The number of imide groups is 1. The lowest BCUT2D eigenvalue weighted by atomic mass is 10.5. The largest absolute Gasteiger partial charge is 0.436 e. The summed E-state index contributed by atoms with van der Waals surface area (Å²) in [7, 11) is 0. The minimum atomic E-state index is -4.65. The van der Waals surface area contributed by atoms with Crippen LogP contribution in [-0.2, 0) is 11.0 Å². The van der Waals surface area contributed by atoms with Crippen LogP contribution in [0.25, 0.3) is 0 Å². The fourth-order valence-electron chi connectivity index (χ4n) is 0.750. The third kappa shape index (κ3) is 3.26. The second kappa shape index (κ2) is 4.21. The summed E-state index contributed by atoms with van der Waals surface area (Å²) < 4.78 is 40.5. The Kier molecular flexibility index (Phi) is 3.16. The molecule has 0 atom stereocenters. The fraction of sp³-hybridized carbons (Fsp3) is 0.286. The van der Waals surface area contributed by atoms with Crippen LogP contribution in [0.1, 0.15) is 12.6 Å². The molecule has 3 amide bonds. The summed E-state index contributed by atoms with van der Waals surface area (Å²) in [6.07, 6.45) is -4.30. The van der Waals surface area contributed by atoms with Gasteiger partial charge in [-0.1, -0.05) is 0 Å². The van der Waals surface area contributed by atoms with Gasteiger partial charge in [0.1, 0.15) is 6.26 Å². The number of carbonyl (C=O) groups is 2. The topological polar surface area (TPSA) is 84.2 Å². The minimum Gasteiger partial charge on any atom is -0.431 e. The summed E-state index contributed by atoms with van der Waals surface area (Å²) in [5.41, 5.74) is -1.27. The zero-order chi connectivity index (χ0) is 12.3. The van der Waals surface area contributed by atoms with Crippen LogP contribution in [0, 0.1) is 0 Å². The average Bonchev–Trinajstić information content (AvgIpc) is 2.49. The summed E-state index contributed by atoms with van der Waals surface area (Å²) in [4.78, 5) is 24.2. The number of hydrogen-bond acceptors (Lipinski definition) is 4. The summed E-state index contributed by atoms with van der Waals surface area (Å²) >= 11 is 0. The van der Waals surface area contributed by atoms with E-state index in [4.69, 9.17) is 0 Å². The van der Waals surface area contributed by atoms with Crippen LogP contribution in [0.15, 0.2) is 10.7 Å². The molecule has 2 N–H and O–H groups in total. The van der Waals surface area contributed by atoms with Gasteiger partial charge in [0.2, 0.25) is 5.91 Å². The SMILES string of the molecule is CC(=O)NC(=O)Nc1nc(C(F)(F)F)co1. The van der Waals surface area contributed by atoms with Gasteiger partial charge in [-0.2, -0.15) is 18.2 Å². The minimum absolute atomic E-state index is 0.351. The van der Waals surface area contributed by atoms with E-state index in [1.54, 1.807) is 5.32 Å². The van der Waals surface area contributed by atoms with E-state index in [0.29, 0.717) is 6.26 Å². The molecule has 1 aromatic rings. The zero-order valence-electron chi connectivity index (χ0n) is 7.88. The Balaban J connectivity index is 2.66. The number of nitrogens with one attached hydrogen (secondary N) is 2. The molecular formula is C7H6F3N3O3. The Morgan fingerprint density at radius 1 is 1.44 bits per heavy atom. The Hall–Kier alpha value is -2.06. The van der Waals surface area contributed by atoms with Gasteiger partial charge in [0.15, 0.2) is 5.69 Å². The van der Waals surface area contributed by atoms with Crippen molar-refractivity contribution in [2.45, 2.75) is 13.1 Å². The van der Waals surface area contributed by atoms with E-state index < -0.39 is 29.8 Å². The third-order valence-electron chi connectivity index (χ3n) is 1.30. The maximum Gasteiger partial charge on any atom is 0.436 e. The molecule has 0 radical (unpaired) electrons. The standard InChI is InChI=1S/C7H6F3N3O3/c1-3(14)11-5(15)13-6-12-4(2-16-6)7(8,9)10/h2H,1H3,(H2,11,12,13,14,15). The maximum absolute atomic E-state index is 12.0. The summed E-state index contributed by atoms with van der Waals surface area (Å²) in [5, 5.41) is 3.59. The lowest BCUT2D eigenvalue weighted by Crippen LogP contribution is -2.32. The molecule has 9 heteroatoms. The number of rotatable bonds is 1. The first-order valence-electron chi connectivity index (χ1n) is 3.90. The number of urea groups is 1. The molecule has 0 aliphatic rings. The Labute approximate surface area is 86.8 Å². The fourth-order valence-corrected chi connectivity index (χ4v) is 0.750. The second-order valence-electron chi connectivity index (χ2n) is 2.67. The van der Waals surface area contributed by atoms with Crippen molar-refractivity contribution in [2.75, 3.05) is 5.32 Å². The highest BCUT2D eigenvalue weighted by Gasteiger charge is 2.35. The number of hydrogen-bond donors (Lipinski definition) is 2. The van der Waals surface area contributed by atoms with Gasteiger partial charge in [0.05, 0.1) is 0 Å². The molecule has 16 heavy (non-hydrogen) atoms. The zero-order valence-corrected chi connectivity index (χ0v) is 7.88. The number of anilines is 1. The van der Waals surface area contributed by atoms with Gasteiger partial charge in [-0.25, -0.2) is 4.79 Å². The number of oxazole rings is 1. The van der Waals surface area contributed by atoms with Gasteiger partial charge in [-0.15, -0.1) is 0 Å². The van der Waals surface area contributed by atoms with Gasteiger partial charge in [-0.05, 0) is 0 Å². The lowest BCUT2D eigenvalue weighted by molar-refractivity contribution is -0.141. The Morgan fingerprint density at radius 2 is 2.06 bits per heavy atom. The van der Waals surface area contributed by atoms with Crippen molar-refractivity contribution in [1.29, 1.82) is 0 Å². The molecule has 1 aromatic heterocycles. The van der Waals surface area contributed by atoms with Gasteiger partial charge < -0.3 is 4.42 Å². The molecule has 0 spiro atoms. The molecule has 0 aromatic carbocycles. The van der Waals surface area contributed by atoms with E-state index in [-0.39, 0.29) is 0 Å². The number of aromatic nitrogens is 1. The molecule has 0 aliphatic carbocycles. The number of nitrogens with zero attached hydrogens (tertiary/aromatic N) is 1. The molecule has 0 saturated heterocycles. The van der Waals surface area contributed by atoms with Crippen molar-refractivity contribution in [2.24, 2.45) is 0 Å². The molecule has 88 valence electrons. The van der Waals surface area contributed by atoms with Crippen molar-refractivity contribution >= 4 is 18.0 Å². The normalized spacial score (nSPS) is 11.0. The molecule has 0 unspecified atom stereocenters. The molecule has 6 nitrogen and oxygen atoms in total. The molecular weight excluding hydrogens is 231 g/mol. The van der Waals surface area contributed by atoms with Crippen molar-refractivity contribution in [3.05, 3.63) is 12.0 Å². The predicted octanol–water partition coefficient (Wildman–Crippen LogP) is 1.36. The maximum atomic E-state index is 12.0. The monoisotopic (exact) mass is 237 g/mol. The Morgan fingerprint density at radius 3 is 2.50 bits per heavy atom. The van der Waals surface area contributed by atoms with E-state index in [9.17, 15) is 22.8 Å². The van der Waals surface area contributed by atoms with Crippen LogP contribution in [0.5, 0.6) is 0 Å². The van der Waals surface area contributed by atoms with E-state index in [0.717, 1.165) is 6.92 Å². The van der Waals surface area contributed by atoms with E-state index in [1.165, 1.54) is 0 Å². The van der Waals surface area contributed by atoms with E-state index in [2.05, 4.69) is 9.40 Å². The Bertz CT molecular complexity index is 412. The first-order chi connectivity index (χ1) is 7.29. The highest BCUT2D eigenvalue weighted by atomic mass is 19.4. The summed E-state index contributed by atoms with van der Waals surface area (Å²) in [5.74, 6) is -0.667. The average molecular weight is 237 g/mol. The number of carbonyl (C=O) groups excluding carboxylic acids is 2.